The molecule has 1 aliphatic rings. The molecule has 102 valence electrons. The average Bonchev–Trinajstić information content (AvgIpc) is 2.91. The number of hydrogen-bond donors (Lipinski definition) is 1. The van der Waals surface area contributed by atoms with Crippen molar-refractivity contribution in [1.82, 2.24) is 9.80 Å². The normalized spacial score (nSPS) is 15.4. The highest BCUT2D eigenvalue weighted by atomic mass is 32.1. The number of thiophene rings is 1. The molecule has 0 radical (unpaired) electrons. The smallest absolute Gasteiger partial charge is 0.312 e. The molecule has 0 atom stereocenters. The lowest BCUT2D eigenvalue weighted by atomic mass is 10.2. The molecular formula is C12H14N2O4S. The predicted octanol–water partition coefficient (Wildman–Crippen LogP) is 0.507. The molecule has 2 heterocycles. The van der Waals surface area contributed by atoms with E-state index in [-0.39, 0.29) is 5.91 Å². The fraction of sp³-hybridized carbons (Fsp3) is 0.417. The Balaban J connectivity index is 1.87. The van der Waals surface area contributed by atoms with E-state index in [2.05, 4.69) is 0 Å². The van der Waals surface area contributed by atoms with Gasteiger partial charge in [-0.2, -0.15) is 11.3 Å². The van der Waals surface area contributed by atoms with Gasteiger partial charge in [0.05, 0.1) is 5.56 Å². The van der Waals surface area contributed by atoms with Crippen LogP contribution in [0.4, 0.5) is 0 Å². The molecule has 1 aromatic heterocycles. The maximum absolute atomic E-state index is 12.1. The Bertz CT molecular complexity index is 478. The van der Waals surface area contributed by atoms with Gasteiger partial charge >= 0.3 is 5.97 Å². The number of aliphatic carboxylic acids is 1. The summed E-state index contributed by atoms with van der Waals surface area (Å²) in [5, 5.41) is 12.2. The minimum atomic E-state index is -1.12. The standard InChI is InChI=1S/C12H14N2O4S/c15-10(7-11(16)17)13-2-4-14(5-3-13)12(18)9-1-6-19-8-9/h1,6,8H,2-5,7H2,(H,16,17). The largest absolute Gasteiger partial charge is 0.481 e. The summed E-state index contributed by atoms with van der Waals surface area (Å²) in [7, 11) is 0. The molecule has 0 bridgehead atoms. The number of hydrogen-bond acceptors (Lipinski definition) is 4. The van der Waals surface area contributed by atoms with E-state index in [1.54, 1.807) is 16.3 Å². The molecule has 0 spiro atoms. The van der Waals surface area contributed by atoms with Gasteiger partial charge in [0.15, 0.2) is 0 Å². The number of amides is 2. The molecular weight excluding hydrogens is 268 g/mol. The Morgan fingerprint density at radius 1 is 1.16 bits per heavy atom. The van der Waals surface area contributed by atoms with Crippen LogP contribution in [0.25, 0.3) is 0 Å². The third-order valence-electron chi connectivity index (χ3n) is 2.99. The van der Waals surface area contributed by atoms with Crippen LogP contribution in [0, 0.1) is 0 Å². The SMILES string of the molecule is O=C(O)CC(=O)N1CCN(C(=O)c2ccsc2)CC1. The van der Waals surface area contributed by atoms with E-state index in [1.165, 1.54) is 16.2 Å². The molecule has 2 rings (SSSR count). The van der Waals surface area contributed by atoms with Crippen molar-refractivity contribution in [2.24, 2.45) is 0 Å². The summed E-state index contributed by atoms with van der Waals surface area (Å²) < 4.78 is 0. The number of carbonyl (C=O) groups is 3. The van der Waals surface area contributed by atoms with Gasteiger partial charge in [-0.15, -0.1) is 0 Å². The second-order valence-electron chi connectivity index (χ2n) is 4.26. The average molecular weight is 282 g/mol. The summed E-state index contributed by atoms with van der Waals surface area (Å²) in [5.74, 6) is -1.55. The summed E-state index contributed by atoms with van der Waals surface area (Å²) in [6, 6.07) is 1.77. The first-order valence-electron chi connectivity index (χ1n) is 5.89. The predicted molar refractivity (Wildman–Crippen MR) is 69.1 cm³/mol. The highest BCUT2D eigenvalue weighted by Crippen LogP contribution is 2.12. The molecule has 1 aromatic rings. The van der Waals surface area contributed by atoms with Gasteiger partial charge in [-0.3, -0.25) is 14.4 Å². The van der Waals surface area contributed by atoms with Crippen molar-refractivity contribution in [3.63, 3.8) is 0 Å². The lowest BCUT2D eigenvalue weighted by molar-refractivity contribution is -0.144. The number of nitrogens with zero attached hydrogens (tertiary/aromatic N) is 2. The first-order valence-corrected chi connectivity index (χ1v) is 6.83. The van der Waals surface area contributed by atoms with Crippen LogP contribution in [0.1, 0.15) is 16.8 Å². The molecule has 6 nitrogen and oxygen atoms in total. The molecule has 1 aliphatic heterocycles. The zero-order valence-electron chi connectivity index (χ0n) is 10.2. The summed E-state index contributed by atoms with van der Waals surface area (Å²) in [6.45, 7) is 1.67. The minimum Gasteiger partial charge on any atom is -0.481 e. The lowest BCUT2D eigenvalue weighted by Crippen LogP contribution is -2.50. The quantitative estimate of drug-likeness (QED) is 0.819. The van der Waals surface area contributed by atoms with E-state index in [9.17, 15) is 14.4 Å². The zero-order valence-corrected chi connectivity index (χ0v) is 11.1. The molecule has 0 saturated carbocycles. The van der Waals surface area contributed by atoms with Crippen molar-refractivity contribution >= 4 is 29.1 Å². The van der Waals surface area contributed by atoms with Crippen LogP contribution in [-0.4, -0.2) is 58.9 Å². The fourth-order valence-electron chi connectivity index (χ4n) is 1.97. The van der Waals surface area contributed by atoms with E-state index < -0.39 is 18.3 Å². The van der Waals surface area contributed by atoms with Gasteiger partial charge in [-0.05, 0) is 11.4 Å². The van der Waals surface area contributed by atoms with E-state index in [1.807, 2.05) is 5.38 Å². The molecule has 0 aromatic carbocycles. The van der Waals surface area contributed by atoms with Crippen LogP contribution in [0.15, 0.2) is 16.8 Å². The lowest BCUT2D eigenvalue weighted by Gasteiger charge is -2.34. The van der Waals surface area contributed by atoms with Crippen molar-refractivity contribution in [2.45, 2.75) is 6.42 Å². The molecule has 1 N–H and O–H groups in total. The Labute approximate surface area is 114 Å². The maximum Gasteiger partial charge on any atom is 0.312 e. The van der Waals surface area contributed by atoms with Gasteiger partial charge in [-0.25, -0.2) is 0 Å². The molecule has 1 fully saturated rings. The molecule has 1 saturated heterocycles. The summed E-state index contributed by atoms with van der Waals surface area (Å²) in [6.07, 6.45) is -0.488. The van der Waals surface area contributed by atoms with Gasteiger partial charge in [-0.1, -0.05) is 0 Å². The van der Waals surface area contributed by atoms with Crippen molar-refractivity contribution in [3.05, 3.63) is 22.4 Å². The van der Waals surface area contributed by atoms with Crippen molar-refractivity contribution < 1.29 is 19.5 Å². The topological polar surface area (TPSA) is 77.9 Å². The van der Waals surface area contributed by atoms with E-state index in [4.69, 9.17) is 5.11 Å². The second kappa shape index (κ2) is 5.83. The molecule has 2 amide bonds. The highest BCUT2D eigenvalue weighted by Gasteiger charge is 2.25. The monoisotopic (exact) mass is 282 g/mol. The van der Waals surface area contributed by atoms with E-state index >= 15 is 0 Å². The molecule has 0 aliphatic carbocycles. The van der Waals surface area contributed by atoms with Crippen LogP contribution >= 0.6 is 11.3 Å². The van der Waals surface area contributed by atoms with E-state index in [0.29, 0.717) is 31.7 Å². The van der Waals surface area contributed by atoms with Gasteiger partial charge in [0, 0.05) is 31.6 Å². The number of rotatable bonds is 3. The zero-order chi connectivity index (χ0) is 13.8. The van der Waals surface area contributed by atoms with Crippen LogP contribution in [0.5, 0.6) is 0 Å². The number of carbonyl (C=O) groups excluding carboxylic acids is 2. The van der Waals surface area contributed by atoms with Crippen LogP contribution in [0.3, 0.4) is 0 Å². The van der Waals surface area contributed by atoms with Gasteiger partial charge in [0.2, 0.25) is 5.91 Å². The summed E-state index contributed by atoms with van der Waals surface area (Å²) >= 11 is 1.47. The van der Waals surface area contributed by atoms with Gasteiger partial charge in [0.1, 0.15) is 6.42 Å². The molecule has 7 heteroatoms. The first kappa shape index (κ1) is 13.5. The highest BCUT2D eigenvalue weighted by molar-refractivity contribution is 7.08. The second-order valence-corrected chi connectivity index (χ2v) is 5.04. The third-order valence-corrected chi connectivity index (χ3v) is 3.67. The Hall–Kier alpha value is -1.89. The summed E-state index contributed by atoms with van der Waals surface area (Å²) in [5.41, 5.74) is 0.662. The third kappa shape index (κ3) is 3.31. The molecule has 0 unspecified atom stereocenters. The number of carboxylic acid groups (broad SMARTS) is 1. The fourth-order valence-corrected chi connectivity index (χ4v) is 2.60. The summed E-state index contributed by atoms with van der Waals surface area (Å²) in [4.78, 5) is 37.3. The Kier molecular flexibility index (Phi) is 4.16. The first-order chi connectivity index (χ1) is 9.08. The molecule has 19 heavy (non-hydrogen) atoms. The van der Waals surface area contributed by atoms with Crippen molar-refractivity contribution in [1.29, 1.82) is 0 Å². The van der Waals surface area contributed by atoms with E-state index in [0.717, 1.165) is 0 Å². The Morgan fingerprint density at radius 2 is 1.79 bits per heavy atom. The Morgan fingerprint density at radius 3 is 2.32 bits per heavy atom. The van der Waals surface area contributed by atoms with Gasteiger partial charge < -0.3 is 14.9 Å². The minimum absolute atomic E-state index is 0.0356. The van der Waals surface area contributed by atoms with Crippen molar-refractivity contribution in [3.8, 4) is 0 Å². The van der Waals surface area contributed by atoms with Crippen molar-refractivity contribution in [2.75, 3.05) is 26.2 Å². The van der Waals surface area contributed by atoms with Crippen LogP contribution in [0.2, 0.25) is 0 Å². The number of carboxylic acids is 1. The number of piperazine rings is 1. The van der Waals surface area contributed by atoms with Crippen LogP contribution < -0.4 is 0 Å². The van der Waals surface area contributed by atoms with Gasteiger partial charge in [0.25, 0.3) is 5.91 Å². The van der Waals surface area contributed by atoms with Crippen LogP contribution in [-0.2, 0) is 9.59 Å². The maximum atomic E-state index is 12.1.